The highest BCUT2D eigenvalue weighted by atomic mass is 35.5. The van der Waals surface area contributed by atoms with Crippen LogP contribution in [0.1, 0.15) is 16.8 Å². The van der Waals surface area contributed by atoms with Crippen LogP contribution in [0.2, 0.25) is 5.02 Å². The van der Waals surface area contributed by atoms with Crippen LogP contribution in [-0.4, -0.2) is 30.5 Å². The van der Waals surface area contributed by atoms with Gasteiger partial charge in [-0.3, -0.25) is 14.9 Å². The first-order valence-electron chi connectivity index (χ1n) is 7.54. The summed E-state index contributed by atoms with van der Waals surface area (Å²) in [5, 5.41) is 11.2. The van der Waals surface area contributed by atoms with Crippen molar-refractivity contribution in [3.05, 3.63) is 57.1 Å². The van der Waals surface area contributed by atoms with E-state index in [9.17, 15) is 14.9 Å². The SMILES string of the molecule is O=C(COc1ccc(Cl)cc1[N+](=O)[O-])c1ccc2c(c1)OCCCO2. The molecule has 0 spiro atoms. The Balaban J connectivity index is 1.73. The monoisotopic (exact) mass is 363 g/mol. The molecule has 0 amide bonds. The van der Waals surface area contributed by atoms with Crippen LogP contribution in [0.5, 0.6) is 17.2 Å². The number of nitrogens with zero attached hydrogens (tertiary/aromatic N) is 1. The summed E-state index contributed by atoms with van der Waals surface area (Å²) in [7, 11) is 0. The van der Waals surface area contributed by atoms with Gasteiger partial charge in [0.1, 0.15) is 0 Å². The van der Waals surface area contributed by atoms with Crippen LogP contribution in [0, 0.1) is 10.1 Å². The molecule has 1 aliphatic rings. The molecular weight excluding hydrogens is 350 g/mol. The van der Waals surface area contributed by atoms with Crippen LogP contribution in [0.3, 0.4) is 0 Å². The third-order valence-corrected chi connectivity index (χ3v) is 3.78. The molecular formula is C17H14ClNO6. The first kappa shape index (κ1) is 17.0. The standard InChI is InChI=1S/C17H14ClNO6/c18-12-3-5-15(13(9-12)19(21)22)25-10-14(20)11-2-4-16-17(8-11)24-7-1-6-23-16/h2-5,8-9H,1,6-7,10H2. The maximum absolute atomic E-state index is 12.3. The fraction of sp³-hybridized carbons (Fsp3) is 0.235. The summed E-state index contributed by atoms with van der Waals surface area (Å²) >= 11 is 5.75. The number of hydrogen-bond donors (Lipinski definition) is 0. The van der Waals surface area contributed by atoms with E-state index in [4.69, 9.17) is 25.8 Å². The average molecular weight is 364 g/mol. The molecule has 8 heteroatoms. The average Bonchev–Trinajstić information content (AvgIpc) is 2.84. The van der Waals surface area contributed by atoms with Crippen molar-refractivity contribution in [2.24, 2.45) is 0 Å². The number of benzene rings is 2. The Morgan fingerprint density at radius 3 is 2.68 bits per heavy atom. The first-order valence-corrected chi connectivity index (χ1v) is 7.92. The Morgan fingerprint density at radius 1 is 1.16 bits per heavy atom. The van der Waals surface area contributed by atoms with Crippen LogP contribution in [0.4, 0.5) is 5.69 Å². The van der Waals surface area contributed by atoms with E-state index in [2.05, 4.69) is 0 Å². The van der Waals surface area contributed by atoms with Gasteiger partial charge in [-0.2, -0.15) is 0 Å². The number of carbonyl (C=O) groups excluding carboxylic acids is 1. The molecule has 1 aliphatic heterocycles. The van der Waals surface area contributed by atoms with E-state index in [-0.39, 0.29) is 28.8 Å². The minimum absolute atomic E-state index is 0.0166. The van der Waals surface area contributed by atoms with Crippen LogP contribution in [0.25, 0.3) is 0 Å². The number of fused-ring (bicyclic) bond motifs is 1. The zero-order valence-electron chi connectivity index (χ0n) is 13.1. The summed E-state index contributed by atoms with van der Waals surface area (Å²) < 4.78 is 16.4. The number of carbonyl (C=O) groups is 1. The third kappa shape index (κ3) is 4.00. The Morgan fingerprint density at radius 2 is 1.92 bits per heavy atom. The number of nitro benzene ring substituents is 1. The van der Waals surface area contributed by atoms with Gasteiger partial charge >= 0.3 is 5.69 Å². The van der Waals surface area contributed by atoms with E-state index in [0.717, 1.165) is 6.42 Å². The van der Waals surface area contributed by atoms with Gasteiger partial charge in [-0.15, -0.1) is 0 Å². The molecule has 0 unspecified atom stereocenters. The largest absolute Gasteiger partial charge is 0.490 e. The fourth-order valence-corrected chi connectivity index (χ4v) is 2.48. The molecule has 2 aromatic rings. The maximum atomic E-state index is 12.3. The molecule has 130 valence electrons. The number of Topliss-reactive ketones (excluding diaryl/α,β-unsaturated/α-hetero) is 1. The Kier molecular flexibility index (Phi) is 5.04. The molecule has 1 heterocycles. The van der Waals surface area contributed by atoms with Gasteiger partial charge in [0.05, 0.1) is 18.1 Å². The number of nitro groups is 1. The lowest BCUT2D eigenvalue weighted by Gasteiger charge is -2.10. The molecule has 0 N–H and O–H groups in total. The topological polar surface area (TPSA) is 87.9 Å². The minimum Gasteiger partial charge on any atom is -0.490 e. The number of ether oxygens (including phenoxy) is 3. The number of ketones is 1. The Hall–Kier alpha value is -2.80. The van der Waals surface area contributed by atoms with Gasteiger partial charge in [0.2, 0.25) is 0 Å². The first-order chi connectivity index (χ1) is 12.0. The van der Waals surface area contributed by atoms with E-state index in [1.54, 1.807) is 18.2 Å². The van der Waals surface area contributed by atoms with Gasteiger partial charge in [0.15, 0.2) is 29.6 Å². The van der Waals surface area contributed by atoms with Crippen molar-refractivity contribution in [3.8, 4) is 17.2 Å². The summed E-state index contributed by atoms with van der Waals surface area (Å²) in [4.78, 5) is 22.7. The highest BCUT2D eigenvalue weighted by molar-refractivity contribution is 6.30. The lowest BCUT2D eigenvalue weighted by molar-refractivity contribution is -0.385. The molecule has 0 saturated carbocycles. The quantitative estimate of drug-likeness (QED) is 0.457. The highest BCUT2D eigenvalue weighted by Gasteiger charge is 2.18. The van der Waals surface area contributed by atoms with E-state index in [1.807, 2.05) is 0 Å². The number of halogens is 1. The summed E-state index contributed by atoms with van der Waals surface area (Å²) in [6, 6.07) is 8.86. The van der Waals surface area contributed by atoms with Crippen LogP contribution < -0.4 is 14.2 Å². The summed E-state index contributed by atoms with van der Waals surface area (Å²) in [6.45, 7) is 0.726. The molecule has 3 rings (SSSR count). The predicted molar refractivity (Wildman–Crippen MR) is 90.0 cm³/mol. The van der Waals surface area contributed by atoms with E-state index >= 15 is 0 Å². The molecule has 25 heavy (non-hydrogen) atoms. The maximum Gasteiger partial charge on any atom is 0.312 e. The van der Waals surface area contributed by atoms with E-state index in [0.29, 0.717) is 30.3 Å². The van der Waals surface area contributed by atoms with Gasteiger partial charge in [-0.25, -0.2) is 0 Å². The van der Waals surface area contributed by atoms with Gasteiger partial charge in [0.25, 0.3) is 0 Å². The molecule has 0 aliphatic carbocycles. The van der Waals surface area contributed by atoms with E-state index < -0.39 is 4.92 Å². The van der Waals surface area contributed by atoms with Crippen molar-refractivity contribution >= 4 is 23.1 Å². The molecule has 0 radical (unpaired) electrons. The summed E-state index contributed by atoms with van der Waals surface area (Å²) in [5.41, 5.74) is 0.0832. The van der Waals surface area contributed by atoms with Gasteiger partial charge in [0, 0.05) is 23.1 Å². The second-order valence-electron chi connectivity index (χ2n) is 5.29. The summed E-state index contributed by atoms with van der Waals surface area (Å²) in [5.74, 6) is 0.737. The zero-order chi connectivity index (χ0) is 17.8. The number of rotatable bonds is 5. The van der Waals surface area contributed by atoms with Crippen molar-refractivity contribution in [2.75, 3.05) is 19.8 Å². The van der Waals surface area contributed by atoms with Crippen molar-refractivity contribution in [1.29, 1.82) is 0 Å². The van der Waals surface area contributed by atoms with Gasteiger partial charge in [-0.1, -0.05) is 11.6 Å². The molecule has 0 fully saturated rings. The third-order valence-electron chi connectivity index (χ3n) is 3.55. The van der Waals surface area contributed by atoms with Crippen LogP contribution in [-0.2, 0) is 0 Å². The lowest BCUT2D eigenvalue weighted by atomic mass is 10.1. The zero-order valence-corrected chi connectivity index (χ0v) is 13.8. The Bertz CT molecular complexity index is 823. The van der Waals surface area contributed by atoms with E-state index in [1.165, 1.54) is 18.2 Å². The lowest BCUT2D eigenvalue weighted by Crippen LogP contribution is -2.12. The second kappa shape index (κ2) is 7.40. The van der Waals surface area contributed by atoms with Crippen LogP contribution in [0.15, 0.2) is 36.4 Å². The van der Waals surface area contributed by atoms with Gasteiger partial charge in [-0.05, 0) is 30.3 Å². The molecule has 7 nitrogen and oxygen atoms in total. The minimum atomic E-state index is -0.612. The molecule has 2 aromatic carbocycles. The normalized spacial score (nSPS) is 13.0. The predicted octanol–water partition coefficient (Wildman–Crippen LogP) is 3.67. The van der Waals surface area contributed by atoms with Crippen LogP contribution >= 0.6 is 11.6 Å². The molecule has 0 atom stereocenters. The van der Waals surface area contributed by atoms with Crippen molar-refractivity contribution < 1.29 is 23.9 Å². The smallest absolute Gasteiger partial charge is 0.312 e. The van der Waals surface area contributed by atoms with Crippen molar-refractivity contribution in [2.45, 2.75) is 6.42 Å². The summed E-state index contributed by atoms with van der Waals surface area (Å²) in [6.07, 6.45) is 0.765. The van der Waals surface area contributed by atoms with Crippen molar-refractivity contribution in [1.82, 2.24) is 0 Å². The number of hydrogen-bond acceptors (Lipinski definition) is 6. The fourth-order valence-electron chi connectivity index (χ4n) is 2.32. The van der Waals surface area contributed by atoms with Crippen molar-refractivity contribution in [3.63, 3.8) is 0 Å². The molecule has 0 saturated heterocycles. The molecule has 0 bridgehead atoms. The second-order valence-corrected chi connectivity index (χ2v) is 5.73. The van der Waals surface area contributed by atoms with Gasteiger partial charge < -0.3 is 14.2 Å². The molecule has 0 aromatic heterocycles. The highest BCUT2D eigenvalue weighted by Crippen LogP contribution is 2.32. The Labute approximate surface area is 148 Å².